The average Bonchev–Trinajstić information content (AvgIpc) is 2.53. The summed E-state index contributed by atoms with van der Waals surface area (Å²) in [5.74, 6) is -0.764. The number of hydrogen-bond donors (Lipinski definition) is 0. The van der Waals surface area contributed by atoms with Crippen LogP contribution in [-0.4, -0.2) is 11.8 Å². The maximum absolute atomic E-state index is 12.3. The Balaban J connectivity index is 2.26. The number of rotatable bonds is 5. The van der Waals surface area contributed by atoms with Crippen molar-refractivity contribution < 1.29 is 19.4 Å². The standard InChI is InChI=1S/C16H12O4/c1-2-15(17)20-19-14-11-7-6-10-13(14)16(18)12-8-4-3-5-9-12/h2-11H,1H2. The van der Waals surface area contributed by atoms with Crippen LogP contribution in [0.1, 0.15) is 15.9 Å². The molecule has 0 unspecified atom stereocenters. The first-order chi connectivity index (χ1) is 9.72. The lowest BCUT2D eigenvalue weighted by molar-refractivity contribution is -0.207. The van der Waals surface area contributed by atoms with Crippen molar-refractivity contribution in [1.82, 2.24) is 0 Å². The van der Waals surface area contributed by atoms with Gasteiger partial charge >= 0.3 is 5.97 Å². The molecule has 0 bridgehead atoms. The highest BCUT2D eigenvalue weighted by atomic mass is 17.2. The van der Waals surface area contributed by atoms with Crippen molar-refractivity contribution in [3.05, 3.63) is 78.4 Å². The van der Waals surface area contributed by atoms with Crippen LogP contribution in [0, 0.1) is 0 Å². The highest BCUT2D eigenvalue weighted by Crippen LogP contribution is 2.21. The fourth-order valence-corrected chi connectivity index (χ4v) is 1.59. The molecule has 0 heterocycles. The molecule has 0 amide bonds. The molecule has 0 spiro atoms. The summed E-state index contributed by atoms with van der Waals surface area (Å²) in [4.78, 5) is 32.7. The number of carbonyl (C=O) groups is 2. The van der Waals surface area contributed by atoms with Gasteiger partial charge in [0.2, 0.25) is 0 Å². The van der Waals surface area contributed by atoms with Gasteiger partial charge in [-0.3, -0.25) is 9.68 Å². The zero-order valence-corrected chi connectivity index (χ0v) is 10.6. The first kappa shape index (κ1) is 13.5. The van der Waals surface area contributed by atoms with E-state index in [-0.39, 0.29) is 11.5 Å². The largest absolute Gasteiger partial charge is 0.378 e. The highest BCUT2D eigenvalue weighted by molar-refractivity contribution is 6.10. The average molecular weight is 268 g/mol. The first-order valence-electron chi connectivity index (χ1n) is 5.92. The lowest BCUT2D eigenvalue weighted by atomic mass is 10.0. The van der Waals surface area contributed by atoms with E-state index in [0.29, 0.717) is 11.1 Å². The molecule has 4 nitrogen and oxygen atoms in total. The molecule has 0 aliphatic rings. The summed E-state index contributed by atoms with van der Waals surface area (Å²) >= 11 is 0. The van der Waals surface area contributed by atoms with Gasteiger partial charge in [-0.2, -0.15) is 0 Å². The van der Waals surface area contributed by atoms with Crippen LogP contribution >= 0.6 is 0 Å². The molecule has 2 aromatic carbocycles. The molecule has 0 aliphatic carbocycles. The lowest BCUT2D eigenvalue weighted by Crippen LogP contribution is -2.08. The molecule has 0 fully saturated rings. The summed E-state index contributed by atoms with van der Waals surface area (Å²) in [7, 11) is 0. The third kappa shape index (κ3) is 3.11. The van der Waals surface area contributed by atoms with Crippen LogP contribution < -0.4 is 4.89 Å². The summed E-state index contributed by atoms with van der Waals surface area (Å²) in [6.45, 7) is 3.26. The van der Waals surface area contributed by atoms with Crippen LogP contribution in [0.4, 0.5) is 0 Å². The van der Waals surface area contributed by atoms with Crippen LogP contribution in [0.25, 0.3) is 0 Å². The Hall–Kier alpha value is -2.88. The maximum Gasteiger partial charge on any atom is 0.378 e. The molecular formula is C16H12O4. The van der Waals surface area contributed by atoms with Gasteiger partial charge in [-0.15, -0.1) is 0 Å². The molecule has 0 aliphatic heterocycles. The minimum Gasteiger partial charge on any atom is -0.288 e. The van der Waals surface area contributed by atoms with Gasteiger partial charge in [-0.05, 0) is 12.1 Å². The van der Waals surface area contributed by atoms with Crippen molar-refractivity contribution in [1.29, 1.82) is 0 Å². The number of para-hydroxylation sites is 1. The maximum atomic E-state index is 12.3. The van der Waals surface area contributed by atoms with Crippen LogP contribution in [0.3, 0.4) is 0 Å². The molecule has 0 aromatic heterocycles. The first-order valence-corrected chi connectivity index (χ1v) is 5.92. The van der Waals surface area contributed by atoms with Crippen LogP contribution in [0.15, 0.2) is 67.3 Å². The summed E-state index contributed by atoms with van der Waals surface area (Å²) in [6.07, 6.45) is 0.974. The molecule has 2 aromatic rings. The van der Waals surface area contributed by atoms with E-state index in [9.17, 15) is 9.59 Å². The lowest BCUT2D eigenvalue weighted by Gasteiger charge is -2.07. The fourth-order valence-electron chi connectivity index (χ4n) is 1.59. The Morgan fingerprint density at radius 1 is 0.950 bits per heavy atom. The van der Waals surface area contributed by atoms with Crippen molar-refractivity contribution in [2.45, 2.75) is 0 Å². The highest BCUT2D eigenvalue weighted by Gasteiger charge is 2.15. The molecule has 0 atom stereocenters. The molecule has 0 saturated heterocycles. The zero-order chi connectivity index (χ0) is 14.4. The van der Waals surface area contributed by atoms with Crippen molar-refractivity contribution >= 4 is 11.8 Å². The van der Waals surface area contributed by atoms with Crippen LogP contribution in [-0.2, 0) is 9.68 Å². The molecule has 100 valence electrons. The third-order valence-electron chi connectivity index (χ3n) is 2.55. The second kappa shape index (κ2) is 6.33. The van der Waals surface area contributed by atoms with Gasteiger partial charge in [-0.1, -0.05) is 49.0 Å². The normalized spacial score (nSPS) is 9.60. The van der Waals surface area contributed by atoms with Crippen LogP contribution in [0.5, 0.6) is 5.75 Å². The quantitative estimate of drug-likeness (QED) is 0.362. The molecule has 0 saturated carbocycles. The van der Waals surface area contributed by atoms with Crippen molar-refractivity contribution in [2.24, 2.45) is 0 Å². The zero-order valence-electron chi connectivity index (χ0n) is 10.6. The van der Waals surface area contributed by atoms with Crippen LogP contribution in [0.2, 0.25) is 0 Å². The van der Waals surface area contributed by atoms with Gasteiger partial charge in [0, 0.05) is 11.6 Å². The minimum absolute atomic E-state index is 0.177. The molecule has 4 heteroatoms. The van der Waals surface area contributed by atoms with Gasteiger partial charge in [-0.25, -0.2) is 9.68 Å². The van der Waals surface area contributed by atoms with E-state index in [4.69, 9.17) is 4.89 Å². The Morgan fingerprint density at radius 2 is 1.60 bits per heavy atom. The van der Waals surface area contributed by atoms with E-state index in [2.05, 4.69) is 11.5 Å². The van der Waals surface area contributed by atoms with E-state index in [1.165, 1.54) is 0 Å². The molecule has 2 rings (SSSR count). The number of hydrogen-bond acceptors (Lipinski definition) is 4. The predicted octanol–water partition coefficient (Wildman–Crippen LogP) is 2.94. The second-order valence-electron chi connectivity index (χ2n) is 3.88. The third-order valence-corrected chi connectivity index (χ3v) is 2.55. The van der Waals surface area contributed by atoms with E-state index in [1.54, 1.807) is 48.5 Å². The van der Waals surface area contributed by atoms with Gasteiger partial charge in [0.05, 0.1) is 5.56 Å². The number of ketones is 1. The summed E-state index contributed by atoms with van der Waals surface area (Å²) in [5.41, 5.74) is 0.842. The van der Waals surface area contributed by atoms with Crippen molar-refractivity contribution in [3.63, 3.8) is 0 Å². The minimum atomic E-state index is -0.730. The molecular weight excluding hydrogens is 256 g/mol. The Kier molecular flexibility index (Phi) is 4.29. The van der Waals surface area contributed by atoms with Crippen molar-refractivity contribution in [3.8, 4) is 5.75 Å². The predicted molar refractivity (Wildman–Crippen MR) is 73.2 cm³/mol. The van der Waals surface area contributed by atoms with E-state index in [0.717, 1.165) is 6.08 Å². The number of benzene rings is 2. The smallest absolute Gasteiger partial charge is 0.288 e. The van der Waals surface area contributed by atoms with E-state index in [1.807, 2.05) is 6.07 Å². The monoisotopic (exact) mass is 268 g/mol. The van der Waals surface area contributed by atoms with Gasteiger partial charge in [0.15, 0.2) is 11.5 Å². The summed E-state index contributed by atoms with van der Waals surface area (Å²) in [6, 6.07) is 15.3. The molecule has 0 radical (unpaired) electrons. The fraction of sp³-hybridized carbons (Fsp3) is 0. The Labute approximate surface area is 116 Å². The van der Waals surface area contributed by atoms with Crippen molar-refractivity contribution in [2.75, 3.05) is 0 Å². The SMILES string of the molecule is C=CC(=O)OOc1ccccc1C(=O)c1ccccc1. The Morgan fingerprint density at radius 3 is 2.30 bits per heavy atom. The van der Waals surface area contributed by atoms with Gasteiger partial charge in [0.25, 0.3) is 0 Å². The molecule has 20 heavy (non-hydrogen) atoms. The summed E-state index contributed by atoms with van der Waals surface area (Å²) in [5, 5.41) is 0. The molecule has 0 N–H and O–H groups in total. The Bertz CT molecular complexity index is 632. The van der Waals surface area contributed by atoms with E-state index < -0.39 is 5.97 Å². The number of carbonyl (C=O) groups excluding carboxylic acids is 2. The second-order valence-corrected chi connectivity index (χ2v) is 3.88. The van der Waals surface area contributed by atoms with E-state index >= 15 is 0 Å². The summed E-state index contributed by atoms with van der Waals surface area (Å²) < 4.78 is 0. The van der Waals surface area contributed by atoms with Gasteiger partial charge in [0.1, 0.15) is 0 Å². The van der Waals surface area contributed by atoms with Gasteiger partial charge < -0.3 is 0 Å². The topological polar surface area (TPSA) is 52.6 Å².